The van der Waals surface area contributed by atoms with Crippen molar-refractivity contribution in [3.8, 4) is 0 Å². The molecule has 7 aromatic carbocycles. The van der Waals surface area contributed by atoms with Crippen molar-refractivity contribution in [3.05, 3.63) is 253 Å². The van der Waals surface area contributed by atoms with Crippen molar-refractivity contribution in [3.63, 3.8) is 0 Å². The van der Waals surface area contributed by atoms with Crippen LogP contribution in [0.3, 0.4) is 0 Å². The number of fused-ring (bicyclic) bond motifs is 7. The van der Waals surface area contributed by atoms with E-state index in [9.17, 15) is 0 Å². The predicted molar refractivity (Wildman–Crippen MR) is 413 cm³/mol. The van der Waals surface area contributed by atoms with E-state index in [4.69, 9.17) is 30.9 Å². The summed E-state index contributed by atoms with van der Waals surface area (Å²) in [5.41, 5.74) is 15.1. The average molecular weight is 1280 g/mol. The van der Waals surface area contributed by atoms with Gasteiger partial charge in [-0.15, -0.1) is 0 Å². The summed E-state index contributed by atoms with van der Waals surface area (Å²) < 4.78 is 36.6. The molecule has 0 bridgehead atoms. The molecule has 14 aromatic rings. The highest BCUT2D eigenvalue weighted by molar-refractivity contribution is 5.81. The molecular weight excluding hydrogens is 1160 g/mol. The summed E-state index contributed by atoms with van der Waals surface area (Å²) in [5, 5.41) is 8.34. The molecule has 0 radical (unpaired) electrons. The molecule has 7 heterocycles. The summed E-state index contributed by atoms with van der Waals surface area (Å²) >= 11 is 0. The number of hydrogen-bond donors (Lipinski definition) is 0. The molecule has 0 saturated heterocycles. The smallest absolute Gasteiger partial charge is 0.133 e. The maximum atomic E-state index is 5.29. The number of rotatable bonds is 6. The van der Waals surface area contributed by atoms with Gasteiger partial charge in [-0.25, -0.2) is 0 Å². The minimum Gasteiger partial charge on any atom is -0.464 e. The normalized spacial score (nSPS) is 10.1. The second kappa shape index (κ2) is 48.1. The summed E-state index contributed by atoms with van der Waals surface area (Å²) in [5.74, 6) is 1.23. The van der Waals surface area contributed by atoms with Crippen LogP contribution in [0.15, 0.2) is 251 Å². The van der Waals surface area contributed by atoms with Gasteiger partial charge in [-0.1, -0.05) is 226 Å². The molecule has 0 amide bonds. The molecule has 0 aliphatic carbocycles. The summed E-state index contributed by atoms with van der Waals surface area (Å²) in [7, 11) is 0. The number of furan rings is 7. The van der Waals surface area contributed by atoms with Crippen LogP contribution in [0.1, 0.15) is 217 Å². The van der Waals surface area contributed by atoms with Crippen molar-refractivity contribution in [1.82, 2.24) is 0 Å². The van der Waals surface area contributed by atoms with Gasteiger partial charge in [-0.3, -0.25) is 0 Å². The van der Waals surface area contributed by atoms with Gasteiger partial charge in [-0.2, -0.15) is 0 Å². The molecule has 0 aliphatic rings. The van der Waals surface area contributed by atoms with E-state index in [0.29, 0.717) is 11.8 Å². The van der Waals surface area contributed by atoms with Crippen molar-refractivity contribution in [2.75, 3.05) is 0 Å². The molecular formula is C87H118O7. The Bertz CT molecular complexity index is 4050. The first-order valence-corrected chi connectivity index (χ1v) is 35.0. The third-order valence-electron chi connectivity index (χ3n) is 14.1. The van der Waals surface area contributed by atoms with Gasteiger partial charge in [-0.05, 0) is 193 Å². The van der Waals surface area contributed by atoms with E-state index in [1.165, 1.54) is 78.5 Å². The molecule has 7 nitrogen and oxygen atoms in total. The molecule has 94 heavy (non-hydrogen) atoms. The van der Waals surface area contributed by atoms with Crippen LogP contribution in [0.5, 0.6) is 0 Å². The minimum atomic E-state index is 0.214. The lowest BCUT2D eigenvalue weighted by molar-refractivity contribution is 0.589. The van der Waals surface area contributed by atoms with Gasteiger partial charge in [0.05, 0.1) is 43.8 Å². The van der Waals surface area contributed by atoms with E-state index in [0.717, 1.165) is 57.3 Å². The lowest BCUT2D eigenvalue weighted by atomic mass is 9.87. The SMILES string of the molecule is CC.CC.CC.CC.CC.CC.CC.CC(C)(C)c1ccc2occc2c1.CC(C)c1ccc2occc2c1.CCC(C)c1ccc2occc2c1.CCCc1ccc2occc2c1.CCc1ccc2occc2c1.Cc1ccc2occc2c1.c1ccc2occc2c1. The largest absolute Gasteiger partial charge is 0.464 e. The molecule has 508 valence electrons. The van der Waals surface area contributed by atoms with Crippen molar-refractivity contribution in [2.24, 2.45) is 0 Å². The summed E-state index contributed by atoms with van der Waals surface area (Å²) in [6.45, 7) is 49.9. The predicted octanol–water partition coefficient (Wildman–Crippen LogP) is 30.0. The van der Waals surface area contributed by atoms with Crippen LogP contribution >= 0.6 is 0 Å². The Morgan fingerprint density at radius 1 is 0.319 bits per heavy atom. The Hall–Kier alpha value is -8.68. The minimum absolute atomic E-state index is 0.214. The highest BCUT2D eigenvalue weighted by Crippen LogP contribution is 2.28. The zero-order chi connectivity index (χ0) is 70.4. The molecule has 0 saturated carbocycles. The third kappa shape index (κ3) is 27.5. The molecule has 14 rings (SSSR count). The van der Waals surface area contributed by atoms with E-state index < -0.39 is 0 Å². The highest BCUT2D eigenvalue weighted by Gasteiger charge is 2.14. The van der Waals surface area contributed by atoms with Gasteiger partial charge in [0.2, 0.25) is 0 Å². The standard InChI is InChI=1S/2C12H14O.2C11H12O.C10H10O.C9H8O.C8H6O.7C2H6/c1-12(2,3)10-4-5-11-9(8-10)6-7-13-11;1-3-9(2)10-4-5-12-11(8-10)6-7-13-12;1-8(2)9-3-4-11-10(7-9)5-6-12-11;1-2-3-9-4-5-11-10(8-9)6-7-12-11;1-2-8-3-4-10-9(7-8)5-6-11-10;1-7-2-3-9-8(6-7)4-5-10-9;1-2-4-8-7(3-1)5-6-9-8;7*1-2/h4-8H,1-3H3;4-9H,3H2,1-2H3;3-8H,1-2H3;4-8H,2-3H2,1H3;3-7H,2H2,1H3;2-6H,1H3;1-6H;7*1-2H3. The Kier molecular flexibility index (Phi) is 42.6. The third-order valence-corrected chi connectivity index (χ3v) is 14.1. The van der Waals surface area contributed by atoms with Crippen LogP contribution in [0.4, 0.5) is 0 Å². The van der Waals surface area contributed by atoms with Crippen molar-refractivity contribution in [2.45, 2.75) is 209 Å². The number of para-hydroxylation sites is 1. The Morgan fingerprint density at radius 3 is 1.05 bits per heavy atom. The molecule has 0 fully saturated rings. The van der Waals surface area contributed by atoms with E-state index in [1.807, 2.05) is 200 Å². The van der Waals surface area contributed by atoms with Crippen LogP contribution in [-0.2, 0) is 18.3 Å². The number of hydrogen-bond acceptors (Lipinski definition) is 7. The van der Waals surface area contributed by atoms with Crippen LogP contribution in [0, 0.1) is 6.92 Å². The van der Waals surface area contributed by atoms with E-state index in [2.05, 4.69) is 142 Å². The second-order valence-corrected chi connectivity index (χ2v) is 21.4. The molecule has 7 heteroatoms. The first-order chi connectivity index (χ1) is 45.8. The Balaban J connectivity index is 0.000000532. The van der Waals surface area contributed by atoms with Gasteiger partial charge in [0, 0.05) is 37.7 Å². The van der Waals surface area contributed by atoms with Crippen LogP contribution in [0.2, 0.25) is 0 Å². The van der Waals surface area contributed by atoms with E-state index >= 15 is 0 Å². The quantitative estimate of drug-likeness (QED) is 0.164. The van der Waals surface area contributed by atoms with E-state index in [1.54, 1.807) is 43.8 Å². The maximum Gasteiger partial charge on any atom is 0.133 e. The lowest BCUT2D eigenvalue weighted by Crippen LogP contribution is -2.10. The fourth-order valence-electron chi connectivity index (χ4n) is 8.99. The monoisotopic (exact) mass is 1270 g/mol. The summed E-state index contributed by atoms with van der Waals surface area (Å²) in [4.78, 5) is 0. The van der Waals surface area contributed by atoms with E-state index in [-0.39, 0.29) is 5.41 Å². The number of aryl methyl sites for hydroxylation is 3. The van der Waals surface area contributed by atoms with Crippen molar-refractivity contribution < 1.29 is 30.9 Å². The summed E-state index contributed by atoms with van der Waals surface area (Å²) in [6, 6.07) is 59.8. The van der Waals surface area contributed by atoms with Gasteiger partial charge in [0.1, 0.15) is 39.1 Å². The van der Waals surface area contributed by atoms with Crippen LogP contribution in [0.25, 0.3) is 76.8 Å². The average Bonchev–Trinajstić information content (AvgIpc) is 1.67. The molecule has 0 spiro atoms. The Morgan fingerprint density at radius 2 is 0.649 bits per heavy atom. The van der Waals surface area contributed by atoms with Crippen LogP contribution < -0.4 is 0 Å². The zero-order valence-corrected chi connectivity index (χ0v) is 62.1. The zero-order valence-electron chi connectivity index (χ0n) is 62.1. The second-order valence-electron chi connectivity index (χ2n) is 21.4. The first kappa shape index (κ1) is 83.3. The fraction of sp³-hybridized carbons (Fsp3) is 0.356. The maximum absolute atomic E-state index is 5.29. The summed E-state index contributed by atoms with van der Waals surface area (Å²) in [6.07, 6.45) is 16.7. The van der Waals surface area contributed by atoms with Gasteiger partial charge in [0.15, 0.2) is 0 Å². The lowest BCUT2D eigenvalue weighted by Gasteiger charge is -2.18. The molecule has 0 N–H and O–H groups in total. The molecule has 1 unspecified atom stereocenters. The topological polar surface area (TPSA) is 92.0 Å². The van der Waals surface area contributed by atoms with Gasteiger partial charge < -0.3 is 30.9 Å². The van der Waals surface area contributed by atoms with Crippen LogP contribution in [-0.4, -0.2) is 0 Å². The van der Waals surface area contributed by atoms with Crippen molar-refractivity contribution >= 4 is 76.8 Å². The Labute approximate surface area is 566 Å². The van der Waals surface area contributed by atoms with Gasteiger partial charge >= 0.3 is 0 Å². The molecule has 0 aliphatic heterocycles. The first-order valence-electron chi connectivity index (χ1n) is 35.0. The van der Waals surface area contributed by atoms with Gasteiger partial charge in [0.25, 0.3) is 0 Å². The van der Waals surface area contributed by atoms with Crippen molar-refractivity contribution in [1.29, 1.82) is 0 Å². The highest BCUT2D eigenvalue weighted by atomic mass is 16.3. The molecule has 1 atom stereocenters. The fourth-order valence-corrected chi connectivity index (χ4v) is 8.99. The number of benzene rings is 7. The molecule has 7 aromatic heterocycles.